The van der Waals surface area contributed by atoms with E-state index in [1.54, 1.807) is 0 Å². The van der Waals surface area contributed by atoms with E-state index in [1.807, 2.05) is 0 Å². The lowest BCUT2D eigenvalue weighted by atomic mass is 10.3. The summed E-state index contributed by atoms with van der Waals surface area (Å²) >= 11 is 0. The topological polar surface area (TPSA) is 9.23 Å². The van der Waals surface area contributed by atoms with Crippen molar-refractivity contribution in [3.8, 4) is 0 Å². The quantitative estimate of drug-likeness (QED) is 0.375. The van der Waals surface area contributed by atoms with Gasteiger partial charge in [-0.25, -0.2) is 17.6 Å². The van der Waals surface area contributed by atoms with E-state index in [0.29, 0.717) is 12.2 Å². The van der Waals surface area contributed by atoms with E-state index >= 15 is 0 Å². The van der Waals surface area contributed by atoms with Crippen molar-refractivity contribution < 1.29 is 39.9 Å². The van der Waals surface area contributed by atoms with Crippen LogP contribution >= 0.6 is 0 Å². The number of hydrogen-bond donors (Lipinski definition) is 0. The molecule has 0 aromatic carbocycles. The molecule has 0 aromatic rings. The van der Waals surface area contributed by atoms with Crippen molar-refractivity contribution in [1.29, 1.82) is 0 Å². The van der Waals surface area contributed by atoms with Crippen LogP contribution in [0.3, 0.4) is 0 Å². The minimum absolute atomic E-state index is 0.0882. The smallest absolute Gasteiger partial charge is 0.325 e. The van der Waals surface area contributed by atoms with Gasteiger partial charge in [0.25, 0.3) is 0 Å². The summed E-state index contributed by atoms with van der Waals surface area (Å²) in [6, 6.07) is 0. The average molecular weight is 298 g/mol. The summed E-state index contributed by atoms with van der Waals surface area (Å²) in [5.74, 6) is -8.61. The lowest BCUT2D eigenvalue weighted by molar-refractivity contribution is -0.0912. The molecule has 1 nitrogen and oxygen atoms in total. The van der Waals surface area contributed by atoms with E-state index in [9.17, 15) is 35.1 Å². The molecule has 0 aliphatic carbocycles. The van der Waals surface area contributed by atoms with Crippen molar-refractivity contribution in [2.24, 2.45) is 0 Å². The largest absolute Gasteiger partial charge is 0.373 e. The Morgan fingerprint density at radius 1 is 0.737 bits per heavy atom. The fourth-order valence-electron chi connectivity index (χ4n) is 0.760. The predicted octanol–water partition coefficient (Wildman–Crippen LogP) is 3.92. The van der Waals surface area contributed by atoms with Crippen LogP contribution in [-0.2, 0) is 4.74 Å². The molecule has 0 saturated carbocycles. The van der Waals surface area contributed by atoms with E-state index in [0.717, 1.165) is 0 Å². The Bertz CT molecular complexity index is 281. The van der Waals surface area contributed by atoms with Crippen molar-refractivity contribution >= 4 is 0 Å². The number of alkyl halides is 8. The number of halogens is 8. The Labute approximate surface area is 103 Å². The van der Waals surface area contributed by atoms with Crippen molar-refractivity contribution in [2.75, 3.05) is 13.2 Å². The zero-order chi connectivity index (χ0) is 15.1. The van der Waals surface area contributed by atoms with Gasteiger partial charge in [0.1, 0.15) is 0 Å². The van der Waals surface area contributed by atoms with Crippen LogP contribution in [0.25, 0.3) is 0 Å². The minimum atomic E-state index is -4.30. The molecular formula is C10H10F8O. The first-order valence-electron chi connectivity index (χ1n) is 4.84. The van der Waals surface area contributed by atoms with Gasteiger partial charge in [-0.3, -0.25) is 0 Å². The molecule has 19 heavy (non-hydrogen) atoms. The van der Waals surface area contributed by atoms with Gasteiger partial charge in [-0.1, -0.05) is 12.2 Å². The second-order valence-corrected chi connectivity index (χ2v) is 3.29. The highest BCUT2D eigenvalue weighted by atomic mass is 19.3. The summed E-state index contributed by atoms with van der Waals surface area (Å²) in [4.78, 5) is 0. The molecule has 0 rings (SSSR count). The minimum Gasteiger partial charge on any atom is -0.373 e. The molecule has 0 aliphatic heterocycles. The Hall–Kier alpha value is -1.12. The summed E-state index contributed by atoms with van der Waals surface area (Å²) < 4.78 is 100. The number of hydrogen-bond acceptors (Lipinski definition) is 1. The molecule has 0 saturated heterocycles. The fraction of sp³-hybridized carbons (Fsp3) is 0.600. The zero-order valence-electron chi connectivity index (χ0n) is 9.31. The van der Waals surface area contributed by atoms with E-state index in [2.05, 4.69) is 4.74 Å². The van der Waals surface area contributed by atoms with Crippen LogP contribution in [0.5, 0.6) is 0 Å². The maximum Gasteiger partial charge on any atom is 0.325 e. The summed E-state index contributed by atoms with van der Waals surface area (Å²) in [7, 11) is 0. The summed E-state index contributed by atoms with van der Waals surface area (Å²) in [6.07, 6.45) is -6.76. The van der Waals surface area contributed by atoms with Crippen LogP contribution in [0.15, 0.2) is 24.3 Å². The molecule has 0 atom stereocenters. The average Bonchev–Trinajstić information content (AvgIpc) is 2.27. The van der Waals surface area contributed by atoms with Crippen LogP contribution in [0, 0.1) is 0 Å². The maximum absolute atomic E-state index is 12.3. The summed E-state index contributed by atoms with van der Waals surface area (Å²) in [5, 5.41) is 0. The predicted molar refractivity (Wildman–Crippen MR) is 51.0 cm³/mol. The molecule has 0 radical (unpaired) electrons. The van der Waals surface area contributed by atoms with Crippen molar-refractivity contribution in [3.63, 3.8) is 0 Å². The van der Waals surface area contributed by atoms with Gasteiger partial charge < -0.3 is 4.74 Å². The van der Waals surface area contributed by atoms with Gasteiger partial charge in [0.05, 0.1) is 13.2 Å². The van der Waals surface area contributed by atoms with Crippen LogP contribution in [0.2, 0.25) is 0 Å². The van der Waals surface area contributed by atoms with E-state index < -0.39 is 37.9 Å². The second-order valence-electron chi connectivity index (χ2n) is 3.29. The van der Waals surface area contributed by atoms with Gasteiger partial charge in [-0.2, -0.15) is 17.6 Å². The lowest BCUT2D eigenvalue weighted by Gasteiger charge is -2.09. The van der Waals surface area contributed by atoms with Gasteiger partial charge in [-0.05, 0) is 12.2 Å². The fourth-order valence-corrected chi connectivity index (χ4v) is 0.760. The highest BCUT2D eigenvalue weighted by Crippen LogP contribution is 2.24. The standard InChI is InChI=1S/C10H10F8O/c11-7(12)9(15,16)3-1-5-19-6-2-4-10(17,18)8(13)14/h1-4,7-8H,5-6H2. The molecule has 0 heterocycles. The third-order valence-electron chi connectivity index (χ3n) is 1.69. The third-order valence-corrected chi connectivity index (χ3v) is 1.69. The lowest BCUT2D eigenvalue weighted by Crippen LogP contribution is -2.23. The van der Waals surface area contributed by atoms with Gasteiger partial charge in [0.15, 0.2) is 0 Å². The van der Waals surface area contributed by atoms with Crippen molar-refractivity contribution in [1.82, 2.24) is 0 Å². The second kappa shape index (κ2) is 7.46. The van der Waals surface area contributed by atoms with Crippen LogP contribution in [0.4, 0.5) is 35.1 Å². The first-order chi connectivity index (χ1) is 8.59. The highest BCUT2D eigenvalue weighted by molar-refractivity contribution is 4.98. The summed E-state index contributed by atoms with van der Waals surface area (Å²) in [5.41, 5.74) is 0. The van der Waals surface area contributed by atoms with E-state index in [1.165, 1.54) is 0 Å². The molecule has 0 unspecified atom stereocenters. The Morgan fingerprint density at radius 2 is 1.05 bits per heavy atom. The monoisotopic (exact) mass is 298 g/mol. The number of ether oxygens (including phenoxy) is 1. The maximum atomic E-state index is 12.3. The van der Waals surface area contributed by atoms with Crippen LogP contribution in [-0.4, -0.2) is 37.9 Å². The molecule has 0 spiro atoms. The van der Waals surface area contributed by atoms with Crippen LogP contribution < -0.4 is 0 Å². The summed E-state index contributed by atoms with van der Waals surface area (Å²) in [6.45, 7) is -1.10. The first-order valence-corrected chi connectivity index (χ1v) is 4.84. The Morgan fingerprint density at radius 3 is 1.32 bits per heavy atom. The van der Waals surface area contributed by atoms with Gasteiger partial charge in [0, 0.05) is 0 Å². The Balaban J connectivity index is 3.95. The zero-order valence-corrected chi connectivity index (χ0v) is 9.31. The van der Waals surface area contributed by atoms with E-state index in [-0.39, 0.29) is 12.2 Å². The first kappa shape index (κ1) is 17.9. The molecule has 9 heteroatoms. The molecule has 0 bridgehead atoms. The number of rotatable bonds is 8. The highest BCUT2D eigenvalue weighted by Gasteiger charge is 2.37. The molecule has 0 aromatic heterocycles. The van der Waals surface area contributed by atoms with Gasteiger partial charge >= 0.3 is 24.7 Å². The number of allylic oxidation sites excluding steroid dienone is 2. The van der Waals surface area contributed by atoms with Gasteiger partial charge in [0.2, 0.25) is 0 Å². The van der Waals surface area contributed by atoms with E-state index in [4.69, 9.17) is 0 Å². The van der Waals surface area contributed by atoms with Crippen molar-refractivity contribution in [3.05, 3.63) is 24.3 Å². The van der Waals surface area contributed by atoms with Gasteiger partial charge in [-0.15, -0.1) is 0 Å². The molecule has 0 aliphatic rings. The van der Waals surface area contributed by atoms with Crippen molar-refractivity contribution in [2.45, 2.75) is 24.7 Å². The molecule has 112 valence electrons. The molecule has 0 amide bonds. The molecule has 0 fully saturated rings. The SMILES string of the molecule is FC(F)C(F)(F)C=CCOCC=CC(F)(F)C(F)F. The molecule has 0 N–H and O–H groups in total. The Kier molecular flexibility index (Phi) is 7.02. The normalized spacial score (nSPS) is 14.4. The van der Waals surface area contributed by atoms with Crippen LogP contribution in [0.1, 0.15) is 0 Å². The third kappa shape index (κ3) is 7.14. The molecular weight excluding hydrogens is 288 g/mol.